The summed E-state index contributed by atoms with van der Waals surface area (Å²) in [5.41, 5.74) is 6.81. The molecule has 1 amide bonds. The smallest absolute Gasteiger partial charge is 0.271 e. The number of hydrogen-bond donors (Lipinski definition) is 0. The molecule has 4 aromatic rings. The number of nitrogens with zero attached hydrogens (tertiary/aromatic N) is 4. The zero-order chi connectivity index (χ0) is 31.0. The third-order valence-corrected chi connectivity index (χ3v) is 9.07. The van der Waals surface area contributed by atoms with Gasteiger partial charge in [0.2, 0.25) is 0 Å². The van der Waals surface area contributed by atoms with E-state index in [9.17, 15) is 9.59 Å². The van der Waals surface area contributed by atoms with Crippen molar-refractivity contribution in [2.24, 2.45) is 4.99 Å². The molecule has 3 heterocycles. The van der Waals surface area contributed by atoms with Gasteiger partial charge < -0.3 is 18.9 Å². The van der Waals surface area contributed by atoms with Crippen LogP contribution in [-0.4, -0.2) is 47.3 Å². The monoisotopic (exact) mass is 598 g/mol. The van der Waals surface area contributed by atoms with E-state index in [0.717, 1.165) is 22.6 Å². The van der Waals surface area contributed by atoms with Gasteiger partial charge in [0.1, 0.15) is 17.5 Å². The van der Waals surface area contributed by atoms with Gasteiger partial charge in [0, 0.05) is 35.7 Å². The van der Waals surface area contributed by atoms with Gasteiger partial charge in [-0.25, -0.2) is 4.99 Å². The molecule has 0 bridgehead atoms. The Morgan fingerprint density at radius 2 is 1.70 bits per heavy atom. The molecule has 0 unspecified atom stereocenters. The number of aryl methyl sites for hydroxylation is 2. The fraction of sp³-hybridized carbons (Fsp3) is 0.324. The van der Waals surface area contributed by atoms with E-state index in [4.69, 9.17) is 14.5 Å². The predicted octanol–water partition coefficient (Wildman–Crippen LogP) is 4.84. The number of ether oxygens (including phenoxy) is 2. The Morgan fingerprint density at radius 1 is 1.00 bits per heavy atom. The van der Waals surface area contributed by atoms with Crippen LogP contribution in [0.15, 0.2) is 69.6 Å². The van der Waals surface area contributed by atoms with Crippen molar-refractivity contribution in [1.82, 2.24) is 14.0 Å². The molecule has 0 radical (unpaired) electrons. The van der Waals surface area contributed by atoms with Crippen LogP contribution in [0.4, 0.5) is 0 Å². The number of hydrogen-bond acceptors (Lipinski definition) is 6. The summed E-state index contributed by atoms with van der Waals surface area (Å²) in [7, 11) is 3.18. The van der Waals surface area contributed by atoms with E-state index >= 15 is 0 Å². The molecular formula is C34H38N4O4S. The van der Waals surface area contributed by atoms with E-state index in [1.807, 2.05) is 32.9 Å². The van der Waals surface area contributed by atoms with Gasteiger partial charge in [-0.3, -0.25) is 14.2 Å². The topological polar surface area (TPSA) is 78.1 Å². The van der Waals surface area contributed by atoms with Crippen molar-refractivity contribution < 1.29 is 14.3 Å². The Kier molecular flexibility index (Phi) is 8.46. The first-order valence-corrected chi connectivity index (χ1v) is 15.2. The van der Waals surface area contributed by atoms with Gasteiger partial charge in [-0.05, 0) is 89.6 Å². The van der Waals surface area contributed by atoms with Gasteiger partial charge in [0.25, 0.3) is 11.5 Å². The molecule has 2 aromatic carbocycles. The molecule has 0 fully saturated rings. The van der Waals surface area contributed by atoms with E-state index in [2.05, 4.69) is 55.7 Å². The molecule has 0 spiro atoms. The molecule has 1 atom stereocenters. The highest BCUT2D eigenvalue weighted by molar-refractivity contribution is 7.07. The van der Waals surface area contributed by atoms with E-state index in [-0.39, 0.29) is 11.5 Å². The SMILES string of the molecule is CCN(CC)C(=O)C1=C(C)N=c2s/c(=C/c3cc(C)n(-c4ccc(C)cc4)c3C)c(=O)n2[C@H]1c1cc(OC)ccc1OC. The van der Waals surface area contributed by atoms with Gasteiger partial charge >= 0.3 is 0 Å². The number of amides is 1. The van der Waals surface area contributed by atoms with Gasteiger partial charge in [0.15, 0.2) is 4.80 Å². The van der Waals surface area contributed by atoms with Crippen LogP contribution in [-0.2, 0) is 4.79 Å². The highest BCUT2D eigenvalue weighted by Crippen LogP contribution is 2.38. The van der Waals surface area contributed by atoms with Gasteiger partial charge in [-0.1, -0.05) is 29.0 Å². The Bertz CT molecular complexity index is 1910. The second-order valence-corrected chi connectivity index (χ2v) is 11.7. The van der Waals surface area contributed by atoms with E-state index in [1.165, 1.54) is 16.9 Å². The number of benzene rings is 2. The lowest BCUT2D eigenvalue weighted by Gasteiger charge is -2.30. The summed E-state index contributed by atoms with van der Waals surface area (Å²) in [6, 6.07) is 15.2. The maximum absolute atomic E-state index is 14.3. The zero-order valence-electron chi connectivity index (χ0n) is 26.0. The maximum atomic E-state index is 14.3. The van der Waals surface area contributed by atoms with Crippen LogP contribution in [0.25, 0.3) is 11.8 Å². The van der Waals surface area contributed by atoms with Gasteiger partial charge in [0.05, 0.1) is 30.0 Å². The first-order chi connectivity index (χ1) is 20.6. The molecule has 9 heteroatoms. The van der Waals surface area contributed by atoms with Crippen molar-refractivity contribution in [3.63, 3.8) is 0 Å². The summed E-state index contributed by atoms with van der Waals surface area (Å²) in [6.07, 6.45) is 1.93. The van der Waals surface area contributed by atoms with Gasteiger partial charge in [-0.2, -0.15) is 0 Å². The minimum Gasteiger partial charge on any atom is -0.497 e. The van der Waals surface area contributed by atoms with Crippen LogP contribution in [0.5, 0.6) is 11.5 Å². The molecule has 224 valence electrons. The lowest BCUT2D eigenvalue weighted by Crippen LogP contribution is -2.43. The second-order valence-electron chi connectivity index (χ2n) is 10.7. The first kappa shape index (κ1) is 30.1. The predicted molar refractivity (Wildman–Crippen MR) is 171 cm³/mol. The number of fused-ring (bicyclic) bond motifs is 1. The highest BCUT2D eigenvalue weighted by atomic mass is 32.1. The molecular weight excluding hydrogens is 560 g/mol. The van der Waals surface area contributed by atoms with Crippen molar-refractivity contribution >= 4 is 23.3 Å². The molecule has 5 rings (SSSR count). The number of rotatable bonds is 8. The van der Waals surface area contributed by atoms with Crippen LogP contribution < -0.4 is 24.4 Å². The van der Waals surface area contributed by atoms with Crippen molar-refractivity contribution in [3.05, 3.63) is 108 Å². The molecule has 1 aliphatic rings. The summed E-state index contributed by atoms with van der Waals surface area (Å²) in [6.45, 7) is 13.0. The number of carbonyl (C=O) groups is 1. The molecule has 1 aliphatic heterocycles. The Hall–Kier alpha value is -4.37. The average molecular weight is 599 g/mol. The van der Waals surface area contributed by atoms with Crippen LogP contribution in [0.1, 0.15) is 54.9 Å². The van der Waals surface area contributed by atoms with E-state index < -0.39 is 6.04 Å². The van der Waals surface area contributed by atoms with Crippen molar-refractivity contribution in [2.45, 2.75) is 47.6 Å². The first-order valence-electron chi connectivity index (χ1n) is 14.4. The second kappa shape index (κ2) is 12.1. The minimum atomic E-state index is -0.739. The zero-order valence-corrected chi connectivity index (χ0v) is 26.8. The van der Waals surface area contributed by atoms with E-state index in [0.29, 0.717) is 50.8 Å². The number of likely N-dealkylation sites (N-methyl/N-ethyl adjacent to an activating group) is 1. The largest absolute Gasteiger partial charge is 0.497 e. The van der Waals surface area contributed by atoms with Crippen molar-refractivity contribution in [1.29, 1.82) is 0 Å². The Labute approximate surface area is 255 Å². The van der Waals surface area contributed by atoms with Crippen LogP contribution >= 0.6 is 11.3 Å². The summed E-state index contributed by atoms with van der Waals surface area (Å²) in [5.74, 6) is 1.00. The number of allylic oxidation sites excluding steroid dienone is 1. The molecule has 0 saturated carbocycles. The molecule has 0 N–H and O–H groups in total. The lowest BCUT2D eigenvalue weighted by molar-refractivity contribution is -0.127. The number of thiazole rings is 1. The summed E-state index contributed by atoms with van der Waals surface area (Å²) in [4.78, 5) is 35.4. The third kappa shape index (κ3) is 5.33. The average Bonchev–Trinajstić information content (AvgIpc) is 3.46. The number of carbonyl (C=O) groups excluding carboxylic acids is 1. The molecule has 0 saturated heterocycles. The van der Waals surface area contributed by atoms with Crippen molar-refractivity contribution in [2.75, 3.05) is 27.3 Å². The van der Waals surface area contributed by atoms with Crippen molar-refractivity contribution in [3.8, 4) is 17.2 Å². The number of aromatic nitrogens is 2. The third-order valence-electron chi connectivity index (χ3n) is 8.08. The molecule has 43 heavy (non-hydrogen) atoms. The summed E-state index contributed by atoms with van der Waals surface area (Å²) >= 11 is 1.33. The summed E-state index contributed by atoms with van der Waals surface area (Å²) in [5, 5.41) is 0. The van der Waals surface area contributed by atoms with Crippen LogP contribution in [0.2, 0.25) is 0 Å². The fourth-order valence-electron chi connectivity index (χ4n) is 5.79. The van der Waals surface area contributed by atoms with Crippen LogP contribution in [0, 0.1) is 20.8 Å². The maximum Gasteiger partial charge on any atom is 0.271 e. The molecule has 0 aliphatic carbocycles. The molecule has 8 nitrogen and oxygen atoms in total. The molecule has 2 aromatic heterocycles. The fourth-order valence-corrected chi connectivity index (χ4v) is 6.83. The standard InChI is InChI=1S/C34H38N4O4S/c1-9-36(10-2)33(40)30-22(5)35-34-38(31(30)27-19-26(41-7)15-16-28(27)42-8)32(39)29(43-34)18-24-17-21(4)37(23(24)6)25-13-11-20(3)12-14-25/h11-19,31H,9-10H2,1-8H3/b29-18+/t31-/m0/s1. The highest BCUT2D eigenvalue weighted by Gasteiger charge is 2.36. The Balaban J connectivity index is 1.74. The van der Waals surface area contributed by atoms with E-state index in [1.54, 1.807) is 35.8 Å². The quantitative estimate of drug-likeness (QED) is 0.291. The normalized spacial score (nSPS) is 14.9. The lowest BCUT2D eigenvalue weighted by atomic mass is 9.93. The number of methoxy groups -OCH3 is 2. The van der Waals surface area contributed by atoms with Gasteiger partial charge in [-0.15, -0.1) is 0 Å². The Morgan fingerprint density at radius 3 is 2.33 bits per heavy atom. The van der Waals surface area contributed by atoms with Crippen LogP contribution in [0.3, 0.4) is 0 Å². The minimum absolute atomic E-state index is 0.156. The summed E-state index contributed by atoms with van der Waals surface area (Å²) < 4.78 is 15.7.